The van der Waals surface area contributed by atoms with Crippen molar-refractivity contribution in [1.82, 2.24) is 0 Å². The first-order valence-electron chi connectivity index (χ1n) is 6.18. The SMILES string of the molecule is CCOC(=O)C(N)Cc1cc([N+](=O)[O-])c(C)c(C)c1O. The maximum absolute atomic E-state index is 11.5. The fourth-order valence-electron chi connectivity index (χ4n) is 1.87. The number of nitro groups is 1. The molecule has 1 aromatic carbocycles. The van der Waals surface area contributed by atoms with E-state index < -0.39 is 16.9 Å². The third kappa shape index (κ3) is 3.24. The zero-order valence-corrected chi connectivity index (χ0v) is 11.7. The lowest BCUT2D eigenvalue weighted by atomic mass is 9.98. The van der Waals surface area contributed by atoms with E-state index in [9.17, 15) is 20.0 Å². The number of benzene rings is 1. The zero-order valence-electron chi connectivity index (χ0n) is 11.7. The molecule has 0 amide bonds. The van der Waals surface area contributed by atoms with Crippen LogP contribution in [-0.2, 0) is 16.0 Å². The summed E-state index contributed by atoms with van der Waals surface area (Å²) in [5.74, 6) is -0.680. The van der Waals surface area contributed by atoms with Crippen LogP contribution in [0.15, 0.2) is 6.07 Å². The molecule has 0 heterocycles. The van der Waals surface area contributed by atoms with E-state index in [0.29, 0.717) is 11.1 Å². The standard InChI is InChI=1S/C13H18N2O5/c1-4-20-13(17)10(14)5-9-6-11(15(18)19)7(2)8(3)12(9)16/h6,10,16H,4-5,14H2,1-3H3. The molecule has 0 aliphatic heterocycles. The molecule has 1 aromatic rings. The van der Waals surface area contributed by atoms with Crippen LogP contribution in [0, 0.1) is 24.0 Å². The van der Waals surface area contributed by atoms with E-state index in [2.05, 4.69) is 0 Å². The van der Waals surface area contributed by atoms with Gasteiger partial charge in [-0.2, -0.15) is 0 Å². The number of phenols is 1. The number of rotatable bonds is 5. The summed E-state index contributed by atoms with van der Waals surface area (Å²) in [6.45, 7) is 4.99. The van der Waals surface area contributed by atoms with Crippen molar-refractivity contribution in [2.45, 2.75) is 33.2 Å². The fourth-order valence-corrected chi connectivity index (χ4v) is 1.87. The summed E-state index contributed by atoms with van der Waals surface area (Å²) in [5.41, 5.74) is 6.62. The summed E-state index contributed by atoms with van der Waals surface area (Å²) in [5, 5.41) is 21.0. The number of hydrogen-bond donors (Lipinski definition) is 2. The zero-order chi connectivity index (χ0) is 15.4. The Hall–Kier alpha value is -2.15. The minimum atomic E-state index is -0.970. The Kier molecular flexibility index (Phi) is 5.04. The Morgan fingerprint density at radius 1 is 1.50 bits per heavy atom. The van der Waals surface area contributed by atoms with Crippen molar-refractivity contribution in [2.75, 3.05) is 6.61 Å². The smallest absolute Gasteiger partial charge is 0.323 e. The Morgan fingerprint density at radius 3 is 2.60 bits per heavy atom. The second kappa shape index (κ2) is 6.33. The van der Waals surface area contributed by atoms with E-state index in [1.54, 1.807) is 20.8 Å². The van der Waals surface area contributed by atoms with Gasteiger partial charge in [0.2, 0.25) is 0 Å². The van der Waals surface area contributed by atoms with Gasteiger partial charge < -0.3 is 15.6 Å². The largest absolute Gasteiger partial charge is 0.507 e. The van der Waals surface area contributed by atoms with Crippen molar-refractivity contribution in [3.8, 4) is 5.75 Å². The molecule has 0 aromatic heterocycles. The molecule has 0 aliphatic rings. The van der Waals surface area contributed by atoms with Gasteiger partial charge in [0.15, 0.2) is 0 Å². The van der Waals surface area contributed by atoms with Gasteiger partial charge in [-0.3, -0.25) is 14.9 Å². The Labute approximate surface area is 116 Å². The Balaban J connectivity index is 3.13. The molecule has 7 nitrogen and oxygen atoms in total. The summed E-state index contributed by atoms with van der Waals surface area (Å²) in [6, 6.07) is 0.277. The second-order valence-corrected chi connectivity index (χ2v) is 4.47. The molecule has 0 aliphatic carbocycles. The predicted octanol–water partition coefficient (Wildman–Crippen LogP) is 1.35. The number of ether oxygens (including phenoxy) is 1. The third-order valence-corrected chi connectivity index (χ3v) is 3.14. The van der Waals surface area contributed by atoms with Crippen molar-refractivity contribution >= 4 is 11.7 Å². The second-order valence-electron chi connectivity index (χ2n) is 4.47. The number of esters is 1. The highest BCUT2D eigenvalue weighted by Gasteiger charge is 2.23. The first-order valence-corrected chi connectivity index (χ1v) is 6.18. The number of hydrogen-bond acceptors (Lipinski definition) is 6. The summed E-state index contributed by atoms with van der Waals surface area (Å²) >= 11 is 0. The monoisotopic (exact) mass is 282 g/mol. The number of aromatic hydroxyl groups is 1. The van der Waals surface area contributed by atoms with Crippen molar-refractivity contribution in [1.29, 1.82) is 0 Å². The van der Waals surface area contributed by atoms with Gasteiger partial charge in [0.1, 0.15) is 11.8 Å². The van der Waals surface area contributed by atoms with Gasteiger partial charge in [-0.25, -0.2) is 0 Å². The molecular weight excluding hydrogens is 264 g/mol. The van der Waals surface area contributed by atoms with Crippen LogP contribution in [0.2, 0.25) is 0 Å². The van der Waals surface area contributed by atoms with E-state index in [0.717, 1.165) is 0 Å². The highest BCUT2D eigenvalue weighted by molar-refractivity contribution is 5.76. The topological polar surface area (TPSA) is 116 Å². The first kappa shape index (κ1) is 15.9. The predicted molar refractivity (Wildman–Crippen MR) is 72.5 cm³/mol. The summed E-state index contributed by atoms with van der Waals surface area (Å²) < 4.78 is 4.77. The Morgan fingerprint density at radius 2 is 2.10 bits per heavy atom. The molecule has 1 atom stereocenters. The van der Waals surface area contributed by atoms with Crippen LogP contribution in [0.5, 0.6) is 5.75 Å². The van der Waals surface area contributed by atoms with Crippen LogP contribution in [0.1, 0.15) is 23.6 Å². The molecule has 0 spiro atoms. The number of nitro benzene ring substituents is 1. The van der Waals surface area contributed by atoms with Gasteiger partial charge in [0.05, 0.1) is 11.5 Å². The first-order chi connectivity index (χ1) is 9.29. The molecule has 110 valence electrons. The van der Waals surface area contributed by atoms with E-state index in [-0.39, 0.29) is 30.0 Å². The van der Waals surface area contributed by atoms with Crippen molar-refractivity contribution < 1.29 is 19.6 Å². The van der Waals surface area contributed by atoms with Crippen LogP contribution in [0.25, 0.3) is 0 Å². The van der Waals surface area contributed by atoms with Crippen molar-refractivity contribution in [3.05, 3.63) is 32.9 Å². The van der Waals surface area contributed by atoms with E-state index in [1.807, 2.05) is 0 Å². The third-order valence-electron chi connectivity index (χ3n) is 3.14. The number of nitrogens with zero attached hydrogens (tertiary/aromatic N) is 1. The lowest BCUT2D eigenvalue weighted by Gasteiger charge is -2.14. The van der Waals surface area contributed by atoms with E-state index in [4.69, 9.17) is 10.5 Å². The van der Waals surface area contributed by atoms with Crippen LogP contribution in [0.3, 0.4) is 0 Å². The molecule has 0 saturated carbocycles. The lowest BCUT2D eigenvalue weighted by Crippen LogP contribution is -2.34. The quantitative estimate of drug-likeness (QED) is 0.478. The summed E-state index contributed by atoms with van der Waals surface area (Å²) in [7, 11) is 0. The summed E-state index contributed by atoms with van der Waals surface area (Å²) in [4.78, 5) is 21.9. The average Bonchev–Trinajstić information content (AvgIpc) is 2.39. The maximum Gasteiger partial charge on any atom is 0.323 e. The van der Waals surface area contributed by atoms with Crippen LogP contribution < -0.4 is 5.73 Å². The maximum atomic E-state index is 11.5. The van der Waals surface area contributed by atoms with Gasteiger partial charge in [-0.1, -0.05) is 0 Å². The van der Waals surface area contributed by atoms with Gasteiger partial charge in [0, 0.05) is 29.2 Å². The minimum Gasteiger partial charge on any atom is -0.507 e. The molecule has 7 heteroatoms. The van der Waals surface area contributed by atoms with Gasteiger partial charge in [0.25, 0.3) is 5.69 Å². The highest BCUT2D eigenvalue weighted by Crippen LogP contribution is 2.32. The molecule has 3 N–H and O–H groups in total. The molecule has 0 radical (unpaired) electrons. The normalized spacial score (nSPS) is 12.0. The molecule has 0 bridgehead atoms. The molecule has 1 unspecified atom stereocenters. The molecular formula is C13H18N2O5. The number of phenolic OH excluding ortho intramolecular Hbond substituents is 1. The van der Waals surface area contributed by atoms with Crippen molar-refractivity contribution in [2.24, 2.45) is 5.73 Å². The number of carbonyl (C=O) groups is 1. The molecule has 20 heavy (non-hydrogen) atoms. The molecule has 1 rings (SSSR count). The molecule has 0 fully saturated rings. The molecule has 0 saturated heterocycles. The van der Waals surface area contributed by atoms with Gasteiger partial charge in [-0.15, -0.1) is 0 Å². The van der Waals surface area contributed by atoms with Crippen LogP contribution in [0.4, 0.5) is 5.69 Å². The minimum absolute atomic E-state index is 0.0212. The average molecular weight is 282 g/mol. The Bertz CT molecular complexity index is 542. The number of carbonyl (C=O) groups excluding carboxylic acids is 1. The van der Waals surface area contributed by atoms with Crippen LogP contribution in [-0.4, -0.2) is 28.6 Å². The highest BCUT2D eigenvalue weighted by atomic mass is 16.6. The summed E-state index contributed by atoms with van der Waals surface area (Å²) in [6.07, 6.45) is -0.0212. The van der Waals surface area contributed by atoms with E-state index in [1.165, 1.54) is 6.07 Å². The van der Waals surface area contributed by atoms with E-state index >= 15 is 0 Å². The number of nitrogens with two attached hydrogens (primary N) is 1. The van der Waals surface area contributed by atoms with Gasteiger partial charge in [-0.05, 0) is 20.8 Å². The van der Waals surface area contributed by atoms with Crippen LogP contribution >= 0.6 is 0 Å². The lowest BCUT2D eigenvalue weighted by molar-refractivity contribution is -0.385. The van der Waals surface area contributed by atoms with Crippen molar-refractivity contribution in [3.63, 3.8) is 0 Å². The fraction of sp³-hybridized carbons (Fsp3) is 0.462. The van der Waals surface area contributed by atoms with Gasteiger partial charge >= 0.3 is 5.97 Å².